The molecule has 0 unspecified atom stereocenters. The molecule has 0 atom stereocenters. The molecule has 0 aliphatic rings. The van der Waals surface area contributed by atoms with Crippen molar-refractivity contribution in [3.05, 3.63) is 94.1 Å². The number of allylic oxidation sites excluding steroid dienone is 1. The highest BCUT2D eigenvalue weighted by atomic mass is 32.2. The number of carbonyl (C=O) groups is 1. The minimum Gasteiger partial charge on any atom is -0.459 e. The molecular formula is C26H24N2O3S2. The maximum atomic E-state index is 13.5. The third-order valence-corrected chi connectivity index (χ3v) is 6.85. The van der Waals surface area contributed by atoms with Crippen LogP contribution < -0.4 is 5.56 Å². The van der Waals surface area contributed by atoms with Gasteiger partial charge in [0.1, 0.15) is 4.83 Å². The van der Waals surface area contributed by atoms with Gasteiger partial charge in [0.15, 0.2) is 5.16 Å². The van der Waals surface area contributed by atoms with Crippen LogP contribution in [0, 0.1) is 0 Å². The van der Waals surface area contributed by atoms with Crippen molar-refractivity contribution in [3.63, 3.8) is 0 Å². The molecule has 0 aliphatic carbocycles. The van der Waals surface area contributed by atoms with Crippen molar-refractivity contribution in [1.29, 1.82) is 0 Å². The van der Waals surface area contributed by atoms with E-state index in [-0.39, 0.29) is 17.6 Å². The third kappa shape index (κ3) is 5.10. The van der Waals surface area contributed by atoms with Crippen molar-refractivity contribution < 1.29 is 9.53 Å². The van der Waals surface area contributed by atoms with Gasteiger partial charge in [0, 0.05) is 23.2 Å². The molecule has 0 amide bonds. The van der Waals surface area contributed by atoms with Crippen LogP contribution >= 0.6 is 23.1 Å². The smallest absolute Gasteiger partial charge is 0.338 e. The molecule has 2 aromatic heterocycles. The second-order valence-electron chi connectivity index (χ2n) is 7.74. The van der Waals surface area contributed by atoms with Crippen LogP contribution in [0.25, 0.3) is 21.3 Å². The van der Waals surface area contributed by atoms with E-state index in [2.05, 4.69) is 6.58 Å². The topological polar surface area (TPSA) is 61.2 Å². The summed E-state index contributed by atoms with van der Waals surface area (Å²) in [6.07, 6.45) is 1.53. The first-order chi connectivity index (χ1) is 16.0. The zero-order valence-corrected chi connectivity index (χ0v) is 20.1. The van der Waals surface area contributed by atoms with Gasteiger partial charge in [-0.3, -0.25) is 9.36 Å². The van der Waals surface area contributed by atoms with Crippen LogP contribution in [0.2, 0.25) is 0 Å². The molecule has 5 nitrogen and oxygen atoms in total. The van der Waals surface area contributed by atoms with Crippen LogP contribution in [-0.4, -0.2) is 21.6 Å². The average Bonchev–Trinajstić information content (AvgIpc) is 3.24. The highest BCUT2D eigenvalue weighted by molar-refractivity contribution is 7.98. The maximum Gasteiger partial charge on any atom is 0.338 e. The van der Waals surface area contributed by atoms with Gasteiger partial charge < -0.3 is 4.74 Å². The fourth-order valence-electron chi connectivity index (χ4n) is 3.45. The van der Waals surface area contributed by atoms with Crippen LogP contribution in [-0.2, 0) is 17.0 Å². The van der Waals surface area contributed by atoms with Crippen molar-refractivity contribution in [3.8, 4) is 11.1 Å². The number of ether oxygens (including phenoxy) is 1. The standard InChI is InChI=1S/C26H24N2O3S2/c1-4-13-28-24(29)22-21(19-10-6-5-7-11-19)16-32-23(22)27-26(28)33-15-18-9-8-12-20(14-18)25(30)31-17(2)3/h4-12,14,16-17H,1,13,15H2,2-3H3. The molecule has 0 fully saturated rings. The fourth-order valence-corrected chi connectivity index (χ4v) is 5.39. The molecule has 7 heteroatoms. The summed E-state index contributed by atoms with van der Waals surface area (Å²) in [6.45, 7) is 7.83. The Kier molecular flexibility index (Phi) is 7.11. The van der Waals surface area contributed by atoms with Gasteiger partial charge in [-0.05, 0) is 37.1 Å². The molecule has 2 heterocycles. The van der Waals surface area contributed by atoms with Crippen molar-refractivity contribution in [2.45, 2.75) is 37.4 Å². The van der Waals surface area contributed by atoms with Gasteiger partial charge in [0.25, 0.3) is 5.56 Å². The van der Waals surface area contributed by atoms with E-state index >= 15 is 0 Å². The minimum absolute atomic E-state index is 0.0724. The molecule has 0 aliphatic heterocycles. The molecule has 0 bridgehead atoms. The molecule has 168 valence electrons. The van der Waals surface area contributed by atoms with E-state index in [9.17, 15) is 9.59 Å². The van der Waals surface area contributed by atoms with E-state index in [4.69, 9.17) is 9.72 Å². The number of esters is 1. The SMILES string of the molecule is C=CCn1c(SCc2cccc(C(=O)OC(C)C)c2)nc2scc(-c3ccccc3)c2c1=O. The summed E-state index contributed by atoms with van der Waals surface area (Å²) in [5.74, 6) is 0.224. The molecule has 2 aromatic carbocycles. The van der Waals surface area contributed by atoms with Crippen LogP contribution in [0.3, 0.4) is 0 Å². The fraction of sp³-hybridized carbons (Fsp3) is 0.192. The first-order valence-electron chi connectivity index (χ1n) is 10.6. The van der Waals surface area contributed by atoms with E-state index in [1.807, 2.05) is 67.8 Å². The lowest BCUT2D eigenvalue weighted by molar-refractivity contribution is 0.0378. The van der Waals surface area contributed by atoms with E-state index in [0.717, 1.165) is 21.5 Å². The van der Waals surface area contributed by atoms with Crippen molar-refractivity contribution in [1.82, 2.24) is 9.55 Å². The number of fused-ring (bicyclic) bond motifs is 1. The van der Waals surface area contributed by atoms with E-state index in [1.165, 1.54) is 23.1 Å². The highest BCUT2D eigenvalue weighted by Gasteiger charge is 2.17. The molecular weight excluding hydrogens is 452 g/mol. The van der Waals surface area contributed by atoms with Crippen LogP contribution in [0.4, 0.5) is 0 Å². The number of benzene rings is 2. The Morgan fingerprint density at radius 3 is 2.73 bits per heavy atom. The molecule has 4 rings (SSSR count). The summed E-state index contributed by atoms with van der Waals surface area (Å²) < 4.78 is 6.96. The van der Waals surface area contributed by atoms with Crippen molar-refractivity contribution in [2.24, 2.45) is 0 Å². The van der Waals surface area contributed by atoms with Crippen molar-refractivity contribution >= 4 is 39.3 Å². The first-order valence-corrected chi connectivity index (χ1v) is 12.5. The number of rotatable bonds is 8. The number of hydrogen-bond acceptors (Lipinski definition) is 6. The lowest BCUT2D eigenvalue weighted by Crippen LogP contribution is -2.22. The molecule has 33 heavy (non-hydrogen) atoms. The minimum atomic E-state index is -0.341. The third-order valence-electron chi connectivity index (χ3n) is 4.93. The second-order valence-corrected chi connectivity index (χ2v) is 9.54. The Morgan fingerprint density at radius 1 is 1.21 bits per heavy atom. The van der Waals surface area contributed by atoms with E-state index in [0.29, 0.717) is 28.4 Å². The lowest BCUT2D eigenvalue weighted by Gasteiger charge is -2.12. The zero-order chi connectivity index (χ0) is 23.4. The monoisotopic (exact) mass is 476 g/mol. The van der Waals surface area contributed by atoms with Gasteiger partial charge in [0.2, 0.25) is 0 Å². The Balaban J connectivity index is 1.66. The average molecular weight is 477 g/mol. The molecule has 0 spiro atoms. The van der Waals surface area contributed by atoms with Crippen LogP contribution in [0.5, 0.6) is 0 Å². The quantitative estimate of drug-likeness (QED) is 0.132. The summed E-state index contributed by atoms with van der Waals surface area (Å²) in [7, 11) is 0. The Hall–Kier alpha value is -3.16. The van der Waals surface area contributed by atoms with Gasteiger partial charge in [-0.1, -0.05) is 60.3 Å². The van der Waals surface area contributed by atoms with Gasteiger partial charge >= 0.3 is 5.97 Å². The number of thioether (sulfide) groups is 1. The van der Waals surface area contributed by atoms with E-state index < -0.39 is 0 Å². The number of thiophene rings is 1. The van der Waals surface area contributed by atoms with Gasteiger partial charge in [0.05, 0.1) is 17.1 Å². The van der Waals surface area contributed by atoms with Crippen LogP contribution in [0.1, 0.15) is 29.8 Å². The molecule has 0 saturated carbocycles. The highest BCUT2D eigenvalue weighted by Crippen LogP contribution is 2.32. The second kappa shape index (κ2) is 10.2. The Labute approximate surface area is 200 Å². The summed E-state index contributed by atoms with van der Waals surface area (Å²) in [5, 5.41) is 3.25. The molecule has 4 aromatic rings. The lowest BCUT2D eigenvalue weighted by atomic mass is 10.1. The van der Waals surface area contributed by atoms with Gasteiger partial charge in [-0.15, -0.1) is 17.9 Å². The first kappa shape index (κ1) is 23.0. The van der Waals surface area contributed by atoms with E-state index in [1.54, 1.807) is 16.7 Å². The summed E-state index contributed by atoms with van der Waals surface area (Å²) >= 11 is 2.94. The Bertz CT molecular complexity index is 1360. The number of hydrogen-bond donors (Lipinski definition) is 0. The zero-order valence-electron chi connectivity index (χ0n) is 18.5. The number of carbonyl (C=O) groups excluding carboxylic acids is 1. The van der Waals surface area contributed by atoms with Crippen molar-refractivity contribution in [2.75, 3.05) is 0 Å². The molecule has 0 radical (unpaired) electrons. The van der Waals surface area contributed by atoms with Crippen LogP contribution in [0.15, 0.2) is 82.6 Å². The number of nitrogens with zero attached hydrogens (tertiary/aromatic N) is 2. The predicted molar refractivity (Wildman–Crippen MR) is 136 cm³/mol. The van der Waals surface area contributed by atoms with Gasteiger partial charge in [-0.2, -0.15) is 0 Å². The summed E-state index contributed by atoms with van der Waals surface area (Å²) in [6, 6.07) is 17.2. The largest absolute Gasteiger partial charge is 0.459 e. The Morgan fingerprint density at radius 2 is 2.00 bits per heavy atom. The predicted octanol–water partition coefficient (Wildman–Crippen LogP) is 6.17. The summed E-state index contributed by atoms with van der Waals surface area (Å²) in [4.78, 5) is 31.2. The maximum absolute atomic E-state index is 13.5. The van der Waals surface area contributed by atoms with Gasteiger partial charge in [-0.25, -0.2) is 9.78 Å². The normalized spacial score (nSPS) is 11.1. The molecule has 0 saturated heterocycles. The molecule has 0 N–H and O–H groups in total. The number of aromatic nitrogens is 2. The summed E-state index contributed by atoms with van der Waals surface area (Å²) in [5.41, 5.74) is 3.29.